The summed E-state index contributed by atoms with van der Waals surface area (Å²) < 4.78 is 15.7. The number of carbonyl (C=O) groups is 1. The Morgan fingerprint density at radius 2 is 2.00 bits per heavy atom. The summed E-state index contributed by atoms with van der Waals surface area (Å²) in [5, 5.41) is 2.92. The van der Waals surface area contributed by atoms with Crippen LogP contribution in [0.5, 0.6) is 5.88 Å². The van der Waals surface area contributed by atoms with E-state index in [-0.39, 0.29) is 12.5 Å². The first-order chi connectivity index (χ1) is 16.7. The largest absolute Gasteiger partial charge is 0.480 e. The van der Waals surface area contributed by atoms with Crippen molar-refractivity contribution in [3.63, 3.8) is 0 Å². The third kappa shape index (κ3) is 3.76. The molecule has 4 aromatic heterocycles. The molecule has 8 nitrogen and oxygen atoms in total. The Hall–Kier alpha value is -3.89. The fourth-order valence-corrected chi connectivity index (χ4v) is 5.47. The highest BCUT2D eigenvalue weighted by molar-refractivity contribution is 8.00. The minimum absolute atomic E-state index is 0.185. The molecule has 168 valence electrons. The molecule has 0 saturated heterocycles. The van der Waals surface area contributed by atoms with Gasteiger partial charge in [0.1, 0.15) is 23.5 Å². The van der Waals surface area contributed by atoms with Gasteiger partial charge in [-0.15, -0.1) is 11.3 Å². The maximum absolute atomic E-state index is 12.7. The summed E-state index contributed by atoms with van der Waals surface area (Å²) in [7, 11) is 1.58. The normalized spacial score (nSPS) is 13.1. The number of benzene rings is 1. The number of hydrogen-bond donors (Lipinski definition) is 2. The van der Waals surface area contributed by atoms with Crippen LogP contribution < -0.4 is 14.8 Å². The van der Waals surface area contributed by atoms with Gasteiger partial charge in [0.15, 0.2) is 5.76 Å². The summed E-state index contributed by atoms with van der Waals surface area (Å²) in [6, 6.07) is 15.1. The fraction of sp³-hybridized carbons (Fsp3) is 0.0833. The molecule has 10 heteroatoms. The van der Waals surface area contributed by atoms with Gasteiger partial charge in [-0.05, 0) is 54.4 Å². The predicted octanol–water partition coefficient (Wildman–Crippen LogP) is 5.38. The SMILES string of the molecule is COc1ncc2cc1NSc1cccc(c1)C(=O)NCc1ccc(o1)-c1ncnc3cc-2sc13. The van der Waals surface area contributed by atoms with Gasteiger partial charge in [-0.1, -0.05) is 6.07 Å². The summed E-state index contributed by atoms with van der Waals surface area (Å²) in [6.45, 7) is 0.270. The average Bonchev–Trinajstić information content (AvgIpc) is 3.53. The first kappa shape index (κ1) is 20.7. The highest BCUT2D eigenvalue weighted by atomic mass is 32.2. The van der Waals surface area contributed by atoms with Crippen LogP contribution in [-0.2, 0) is 6.54 Å². The molecule has 34 heavy (non-hydrogen) atoms. The lowest BCUT2D eigenvalue weighted by atomic mass is 10.2. The Labute approximate surface area is 202 Å². The van der Waals surface area contributed by atoms with E-state index in [2.05, 4.69) is 25.0 Å². The maximum Gasteiger partial charge on any atom is 0.251 e. The zero-order chi connectivity index (χ0) is 23.1. The molecule has 0 spiro atoms. The lowest BCUT2D eigenvalue weighted by molar-refractivity contribution is 0.0948. The Bertz CT molecular complexity index is 1540. The Balaban J connectivity index is 1.51. The van der Waals surface area contributed by atoms with E-state index in [4.69, 9.17) is 9.15 Å². The van der Waals surface area contributed by atoms with Crippen molar-refractivity contribution in [3.8, 4) is 27.8 Å². The highest BCUT2D eigenvalue weighted by Crippen LogP contribution is 2.39. The lowest BCUT2D eigenvalue weighted by Crippen LogP contribution is -2.22. The van der Waals surface area contributed by atoms with Crippen LogP contribution in [0.25, 0.3) is 32.1 Å². The van der Waals surface area contributed by atoms with Crippen molar-refractivity contribution >= 4 is 45.1 Å². The number of aromatic nitrogens is 3. The fourth-order valence-electron chi connectivity index (χ4n) is 3.68. The highest BCUT2D eigenvalue weighted by Gasteiger charge is 2.17. The Morgan fingerprint density at radius 1 is 1.06 bits per heavy atom. The molecule has 6 rings (SSSR count). The van der Waals surface area contributed by atoms with E-state index in [1.165, 1.54) is 18.3 Å². The van der Waals surface area contributed by atoms with Crippen LogP contribution in [0.4, 0.5) is 5.69 Å². The number of rotatable bonds is 1. The second-order valence-corrected chi connectivity index (χ2v) is 9.44. The number of anilines is 1. The van der Waals surface area contributed by atoms with Gasteiger partial charge in [0.25, 0.3) is 5.91 Å². The Morgan fingerprint density at radius 3 is 2.91 bits per heavy atom. The second kappa shape index (κ2) is 8.47. The van der Waals surface area contributed by atoms with Gasteiger partial charge in [0, 0.05) is 27.1 Å². The molecule has 8 bridgehead atoms. The van der Waals surface area contributed by atoms with E-state index in [1.807, 2.05) is 42.5 Å². The van der Waals surface area contributed by atoms with Crippen molar-refractivity contribution in [2.75, 3.05) is 11.8 Å². The minimum atomic E-state index is -0.185. The molecule has 0 saturated carbocycles. The van der Waals surface area contributed by atoms with Crippen LogP contribution in [0, 0.1) is 0 Å². The number of furan rings is 1. The van der Waals surface area contributed by atoms with E-state index < -0.39 is 0 Å². The van der Waals surface area contributed by atoms with E-state index >= 15 is 0 Å². The first-order valence-corrected chi connectivity index (χ1v) is 12.0. The van der Waals surface area contributed by atoms with Crippen LogP contribution in [0.2, 0.25) is 0 Å². The molecule has 0 radical (unpaired) electrons. The topological polar surface area (TPSA) is 102 Å². The van der Waals surface area contributed by atoms with Gasteiger partial charge >= 0.3 is 0 Å². The van der Waals surface area contributed by atoms with Crippen LogP contribution in [0.3, 0.4) is 0 Å². The number of carbonyl (C=O) groups excluding carboxylic acids is 1. The molecule has 0 atom stereocenters. The zero-order valence-electron chi connectivity index (χ0n) is 17.9. The summed E-state index contributed by atoms with van der Waals surface area (Å²) >= 11 is 2.95. The van der Waals surface area contributed by atoms with Crippen molar-refractivity contribution in [1.29, 1.82) is 0 Å². The van der Waals surface area contributed by atoms with Crippen LogP contribution in [0.1, 0.15) is 16.1 Å². The summed E-state index contributed by atoms with van der Waals surface area (Å²) in [6.07, 6.45) is 3.31. The monoisotopic (exact) mass is 487 g/mol. The number of pyridine rings is 1. The van der Waals surface area contributed by atoms with Gasteiger partial charge in [0.05, 0.1) is 23.9 Å². The third-order valence-electron chi connectivity index (χ3n) is 5.33. The number of hydrogen-bond acceptors (Lipinski definition) is 9. The lowest BCUT2D eigenvalue weighted by Gasteiger charge is -2.11. The molecule has 5 aromatic rings. The van der Waals surface area contributed by atoms with Crippen LogP contribution >= 0.6 is 23.3 Å². The van der Waals surface area contributed by atoms with Crippen molar-refractivity contribution in [2.24, 2.45) is 0 Å². The molecular weight excluding hydrogens is 470 g/mol. The number of nitrogens with zero attached hydrogens (tertiary/aromatic N) is 3. The van der Waals surface area contributed by atoms with Gasteiger partial charge in [-0.25, -0.2) is 15.0 Å². The van der Waals surface area contributed by atoms with Gasteiger partial charge < -0.3 is 19.2 Å². The summed E-state index contributed by atoms with van der Waals surface area (Å²) in [5.74, 6) is 1.56. The molecule has 5 heterocycles. The van der Waals surface area contributed by atoms with Gasteiger partial charge in [0.2, 0.25) is 5.88 Å². The summed E-state index contributed by atoms with van der Waals surface area (Å²) in [5.41, 5.74) is 3.74. The van der Waals surface area contributed by atoms with Crippen LogP contribution in [0.15, 0.2) is 70.4 Å². The van der Waals surface area contributed by atoms with E-state index in [9.17, 15) is 4.79 Å². The zero-order valence-corrected chi connectivity index (χ0v) is 19.5. The van der Waals surface area contributed by atoms with Gasteiger partial charge in [-0.2, -0.15) is 0 Å². The predicted molar refractivity (Wildman–Crippen MR) is 132 cm³/mol. The van der Waals surface area contributed by atoms with Crippen molar-refractivity contribution in [1.82, 2.24) is 20.3 Å². The number of fused-ring (bicyclic) bond motifs is 9. The van der Waals surface area contributed by atoms with Crippen LogP contribution in [-0.4, -0.2) is 28.0 Å². The third-order valence-corrected chi connectivity index (χ3v) is 7.33. The Kier molecular flexibility index (Phi) is 5.16. The number of ether oxygens (including phenoxy) is 1. The minimum Gasteiger partial charge on any atom is -0.480 e. The van der Waals surface area contributed by atoms with Crippen molar-refractivity contribution < 1.29 is 13.9 Å². The van der Waals surface area contributed by atoms with Crippen molar-refractivity contribution in [3.05, 3.63) is 72.4 Å². The molecule has 0 aliphatic carbocycles. The molecule has 2 N–H and O–H groups in total. The standard InChI is InChI=1S/C24H17N5O3S2/c1-31-24-18-8-14(10-26-24)20-9-17-22(33-20)21(28-12-27-17)19-6-5-15(32-19)11-25-23(30)13-3-2-4-16(7-13)34-29-18/h2-10,12,29H,11H2,1H3,(H,25,30). The molecule has 1 aromatic carbocycles. The van der Waals surface area contributed by atoms with E-state index in [0.717, 1.165) is 31.2 Å². The molecule has 1 amide bonds. The molecule has 1 aliphatic heterocycles. The molecule has 1 aliphatic rings. The smallest absolute Gasteiger partial charge is 0.251 e. The number of methoxy groups -OCH3 is 1. The first-order valence-electron chi connectivity index (χ1n) is 10.4. The van der Waals surface area contributed by atoms with Gasteiger partial charge in [-0.3, -0.25) is 4.79 Å². The molecule has 0 unspecified atom stereocenters. The van der Waals surface area contributed by atoms with Crippen molar-refractivity contribution in [2.45, 2.75) is 11.4 Å². The quantitative estimate of drug-likeness (QED) is 0.304. The number of amides is 1. The van der Waals surface area contributed by atoms with E-state index in [0.29, 0.717) is 28.7 Å². The van der Waals surface area contributed by atoms with E-state index in [1.54, 1.807) is 30.7 Å². The molecular formula is C24H17N5O3S2. The number of thiophene rings is 1. The maximum atomic E-state index is 12.7. The second-order valence-electron chi connectivity index (χ2n) is 7.51. The average molecular weight is 488 g/mol. The summed E-state index contributed by atoms with van der Waals surface area (Å²) in [4.78, 5) is 28.0. The molecule has 0 fully saturated rings. The number of nitrogens with one attached hydrogen (secondary N) is 2.